The number of halogens is 2. The Hall–Kier alpha value is -5.86. The van der Waals surface area contributed by atoms with Crippen molar-refractivity contribution in [2.75, 3.05) is 0 Å². The fourth-order valence-corrected chi connectivity index (χ4v) is 6.39. The van der Waals surface area contributed by atoms with Gasteiger partial charge in [-0.15, -0.1) is 0 Å². The Balaban J connectivity index is 1.83. The van der Waals surface area contributed by atoms with Crippen molar-refractivity contribution in [3.63, 3.8) is 0 Å². The molecule has 0 amide bonds. The van der Waals surface area contributed by atoms with E-state index in [9.17, 15) is 10.5 Å². The van der Waals surface area contributed by atoms with E-state index in [0.29, 0.717) is 21.9 Å². The number of nitrogens with zero attached hydrogens (tertiary/aromatic N) is 4. The molecule has 3 aromatic heterocycles. The molecule has 8 heteroatoms. The van der Waals surface area contributed by atoms with Gasteiger partial charge in [-0.1, -0.05) is 36.4 Å². The zero-order chi connectivity index (χ0) is 28.9. The van der Waals surface area contributed by atoms with Gasteiger partial charge in [0.2, 0.25) is 0 Å². The van der Waals surface area contributed by atoms with Gasteiger partial charge in [0, 0.05) is 68.5 Å². The van der Waals surface area contributed by atoms with Crippen LogP contribution in [0.3, 0.4) is 0 Å². The number of aryl methyl sites for hydroxylation is 2. The zero-order valence-electron chi connectivity index (χ0n) is 22.3. The molecule has 42 heavy (non-hydrogen) atoms. The van der Waals surface area contributed by atoms with Crippen LogP contribution in [0.1, 0.15) is 11.1 Å². The van der Waals surface area contributed by atoms with Gasteiger partial charge >= 0.3 is 0 Å². The van der Waals surface area contributed by atoms with E-state index in [1.807, 2.05) is 74.8 Å². The van der Waals surface area contributed by atoms with Crippen molar-refractivity contribution in [3.05, 3.63) is 95.6 Å². The van der Waals surface area contributed by atoms with Crippen LogP contribution in [0.25, 0.3) is 76.7 Å². The Morgan fingerprint density at radius 3 is 1.36 bits per heavy atom. The highest BCUT2D eigenvalue weighted by atomic mass is 19.2. The van der Waals surface area contributed by atoms with Gasteiger partial charge in [-0.3, -0.25) is 0 Å². The Morgan fingerprint density at radius 1 is 0.548 bits per heavy atom. The number of fused-ring (bicyclic) bond motifs is 12. The van der Waals surface area contributed by atoms with Crippen LogP contribution in [0.4, 0.5) is 8.78 Å². The molecule has 5 aromatic carbocycles. The second kappa shape index (κ2) is 8.33. The predicted octanol–water partition coefficient (Wildman–Crippen LogP) is 8.77. The van der Waals surface area contributed by atoms with E-state index >= 15 is 8.78 Å². The van der Waals surface area contributed by atoms with Crippen molar-refractivity contribution in [1.29, 1.82) is 10.5 Å². The van der Waals surface area contributed by atoms with Crippen molar-refractivity contribution in [1.82, 2.24) is 9.13 Å². The van der Waals surface area contributed by atoms with Gasteiger partial charge in [0.25, 0.3) is 0 Å². The first-order chi connectivity index (χ1) is 20.4. The quantitative estimate of drug-likeness (QED) is 0.188. The maximum atomic E-state index is 15.1. The average Bonchev–Trinajstić information content (AvgIpc) is 3.46. The van der Waals surface area contributed by atoms with E-state index in [0.717, 1.165) is 43.6 Å². The highest BCUT2D eigenvalue weighted by Gasteiger charge is 2.25. The topological polar surface area (TPSA) is 83.7 Å². The van der Waals surface area contributed by atoms with E-state index in [-0.39, 0.29) is 11.2 Å². The molecule has 0 aliphatic rings. The third-order valence-corrected chi connectivity index (χ3v) is 8.27. The number of para-hydroxylation sites is 2. The molecule has 8 rings (SSSR count). The molecule has 200 valence electrons. The first-order valence-electron chi connectivity index (χ1n) is 13.2. The summed E-state index contributed by atoms with van der Waals surface area (Å²) in [5.74, 6) is -2.93. The van der Waals surface area contributed by atoms with Crippen molar-refractivity contribution in [3.8, 4) is 12.1 Å². The predicted molar refractivity (Wildman–Crippen MR) is 158 cm³/mol. The Kier molecular flexibility index (Phi) is 4.75. The van der Waals surface area contributed by atoms with Crippen molar-refractivity contribution < 1.29 is 17.6 Å². The van der Waals surface area contributed by atoms with Gasteiger partial charge in [0.15, 0.2) is 22.8 Å². The molecule has 6 nitrogen and oxygen atoms in total. The monoisotopic (exact) mass is 552 g/mol. The lowest BCUT2D eigenvalue weighted by molar-refractivity contribution is 0.498. The highest BCUT2D eigenvalue weighted by Crippen LogP contribution is 2.43. The molecule has 8 aromatic rings. The number of rotatable bonds is 0. The minimum absolute atomic E-state index is 0.316. The van der Waals surface area contributed by atoms with Gasteiger partial charge in [0.05, 0.1) is 0 Å². The summed E-state index contributed by atoms with van der Waals surface area (Å²) in [5, 5.41) is 24.8. The minimum Gasteiger partial charge on any atom is -0.451 e. The molecule has 0 unspecified atom stereocenters. The molecule has 0 atom stereocenters. The molecule has 0 radical (unpaired) electrons. The minimum atomic E-state index is -1.46. The van der Waals surface area contributed by atoms with E-state index in [2.05, 4.69) is 9.13 Å². The molecule has 0 saturated heterocycles. The van der Waals surface area contributed by atoms with Gasteiger partial charge in [-0.25, -0.2) is 8.78 Å². The third-order valence-electron chi connectivity index (χ3n) is 8.27. The van der Waals surface area contributed by atoms with Crippen LogP contribution in [0.15, 0.2) is 81.6 Å². The Bertz CT molecular complexity index is 2470. The maximum Gasteiger partial charge on any atom is 0.192 e. The van der Waals surface area contributed by atoms with E-state index < -0.39 is 22.8 Å². The summed E-state index contributed by atoms with van der Waals surface area (Å²) in [4.78, 5) is 0. The smallest absolute Gasteiger partial charge is 0.192 e. The van der Waals surface area contributed by atoms with Gasteiger partial charge in [-0.2, -0.15) is 10.5 Å². The molecule has 0 aliphatic carbocycles. The summed E-state index contributed by atoms with van der Waals surface area (Å²) in [7, 11) is 3.97. The molecule has 0 aliphatic heterocycles. The summed E-state index contributed by atoms with van der Waals surface area (Å²) in [6.45, 7) is 0. The lowest BCUT2D eigenvalue weighted by atomic mass is 10.00. The van der Waals surface area contributed by atoms with Crippen LogP contribution in [0, 0.1) is 34.3 Å². The number of benzene rings is 5. The summed E-state index contributed by atoms with van der Waals surface area (Å²) in [5.41, 5.74) is 2.40. The van der Waals surface area contributed by atoms with Crippen molar-refractivity contribution in [2.24, 2.45) is 14.1 Å². The second-order valence-electron chi connectivity index (χ2n) is 10.3. The number of hydrogen-bond acceptors (Lipinski definition) is 4. The molecule has 0 N–H and O–H groups in total. The molecular weight excluding hydrogens is 534 g/mol. The van der Waals surface area contributed by atoms with E-state index in [4.69, 9.17) is 8.83 Å². The first kappa shape index (κ1) is 24.0. The van der Waals surface area contributed by atoms with Crippen LogP contribution in [-0.2, 0) is 14.1 Å². The molecule has 3 heterocycles. The van der Waals surface area contributed by atoms with E-state index in [1.165, 1.54) is 0 Å². The number of aromatic nitrogens is 2. The van der Waals surface area contributed by atoms with Crippen LogP contribution in [-0.4, -0.2) is 9.13 Å². The van der Waals surface area contributed by atoms with Crippen molar-refractivity contribution >= 4 is 76.7 Å². The van der Waals surface area contributed by atoms with Crippen LogP contribution >= 0.6 is 0 Å². The average molecular weight is 553 g/mol. The Labute approximate surface area is 235 Å². The highest BCUT2D eigenvalue weighted by molar-refractivity contribution is 6.33. The lowest BCUT2D eigenvalue weighted by Gasteiger charge is -2.10. The third kappa shape index (κ3) is 2.88. The van der Waals surface area contributed by atoms with Crippen LogP contribution in [0.2, 0.25) is 0 Å². The summed E-state index contributed by atoms with van der Waals surface area (Å²) in [6.07, 6.45) is 0. The standard InChI is InChI=1S/C34H18F2N4O2/c1-39-21-9-5-3-7-17(21)27-23(39)11-13-25-29(27)30-26(14-12-24-28(30)18-8-4-6-10-22(18)40(24)2)42-34-20(16-38)32(36)31(35)19(15-37)33(34)41-25/h3-14H,1-2H3. The molecular formula is C34H18F2N4O2. The summed E-state index contributed by atoms with van der Waals surface area (Å²) in [6, 6.07) is 26.7. The maximum absolute atomic E-state index is 15.1. The van der Waals surface area contributed by atoms with Crippen molar-refractivity contribution in [2.45, 2.75) is 0 Å². The number of hydrogen-bond donors (Lipinski definition) is 0. The summed E-state index contributed by atoms with van der Waals surface area (Å²) < 4.78 is 47.1. The van der Waals surface area contributed by atoms with Gasteiger partial charge < -0.3 is 18.0 Å². The molecule has 0 bridgehead atoms. The first-order valence-corrected chi connectivity index (χ1v) is 13.2. The van der Waals surface area contributed by atoms with E-state index in [1.54, 1.807) is 24.3 Å². The molecule has 0 saturated carbocycles. The zero-order valence-corrected chi connectivity index (χ0v) is 22.3. The van der Waals surface area contributed by atoms with Gasteiger partial charge in [0.1, 0.15) is 34.4 Å². The van der Waals surface area contributed by atoms with Gasteiger partial charge in [-0.05, 0) is 36.4 Å². The SMILES string of the molecule is Cn1c2ccccc2c2c3c(ccc21)oc1c(C#N)c(F)c(F)c(C#N)c1oc1ccc2c(c4ccccc4n2C)c13. The lowest BCUT2D eigenvalue weighted by Crippen LogP contribution is -1.97. The second-order valence-corrected chi connectivity index (χ2v) is 10.3. The summed E-state index contributed by atoms with van der Waals surface area (Å²) >= 11 is 0. The fourth-order valence-electron chi connectivity index (χ4n) is 6.39. The van der Waals surface area contributed by atoms with Crippen LogP contribution in [0.5, 0.6) is 0 Å². The normalized spacial score (nSPS) is 11.8. The fraction of sp³-hybridized carbons (Fsp3) is 0.0588. The van der Waals surface area contributed by atoms with Crippen LogP contribution < -0.4 is 0 Å². The molecule has 0 fully saturated rings. The molecule has 0 spiro atoms. The Morgan fingerprint density at radius 2 is 0.952 bits per heavy atom. The largest absolute Gasteiger partial charge is 0.451 e. The number of nitriles is 2.